The Morgan fingerprint density at radius 3 is 2.13 bits per heavy atom. The Labute approximate surface area is 92.5 Å². The van der Waals surface area contributed by atoms with E-state index in [1.807, 2.05) is 11.9 Å². The lowest BCUT2D eigenvalue weighted by Crippen LogP contribution is -2.43. The Morgan fingerprint density at radius 2 is 1.67 bits per heavy atom. The van der Waals surface area contributed by atoms with Gasteiger partial charge in [0.1, 0.15) is 6.04 Å². The van der Waals surface area contributed by atoms with Crippen molar-refractivity contribution in [1.82, 2.24) is 4.90 Å². The second kappa shape index (κ2) is 6.11. The maximum atomic E-state index is 10.9. The number of hydrogen-bond acceptors (Lipinski definition) is 2. The van der Waals surface area contributed by atoms with Crippen molar-refractivity contribution >= 4 is 5.97 Å². The highest BCUT2D eigenvalue weighted by molar-refractivity contribution is 5.72. The number of carbonyl (C=O) groups is 1. The number of carboxylic acid groups (broad SMARTS) is 1. The number of aliphatic carboxylic acids is 1. The second-order valence-corrected chi connectivity index (χ2v) is 4.68. The fourth-order valence-corrected chi connectivity index (χ4v) is 2.33. The zero-order valence-electron chi connectivity index (χ0n) is 9.91. The quantitative estimate of drug-likeness (QED) is 0.783. The molecule has 88 valence electrons. The van der Waals surface area contributed by atoms with Crippen molar-refractivity contribution in [1.29, 1.82) is 0 Å². The highest BCUT2D eigenvalue weighted by Crippen LogP contribution is 2.21. The Balaban J connectivity index is 2.47. The zero-order chi connectivity index (χ0) is 11.3. The molecule has 1 aliphatic rings. The minimum absolute atomic E-state index is 0.352. The van der Waals surface area contributed by atoms with Crippen LogP contribution in [0.5, 0.6) is 0 Å². The summed E-state index contributed by atoms with van der Waals surface area (Å²) in [6.45, 7) is 1.78. The van der Waals surface area contributed by atoms with Gasteiger partial charge in [0, 0.05) is 6.04 Å². The SMILES string of the molecule is CC(C(=O)O)N(C)C1CCCCCCC1. The Hall–Kier alpha value is -0.570. The Bertz CT molecular complexity index is 198. The lowest BCUT2D eigenvalue weighted by Gasteiger charge is -2.32. The van der Waals surface area contributed by atoms with Gasteiger partial charge in [0.05, 0.1) is 0 Å². The molecule has 1 fully saturated rings. The van der Waals surface area contributed by atoms with Crippen LogP contribution in [0.3, 0.4) is 0 Å². The summed E-state index contributed by atoms with van der Waals surface area (Å²) in [5.74, 6) is -0.709. The fraction of sp³-hybridized carbons (Fsp3) is 0.917. The summed E-state index contributed by atoms with van der Waals surface area (Å²) in [4.78, 5) is 12.9. The summed E-state index contributed by atoms with van der Waals surface area (Å²) in [5.41, 5.74) is 0. The Kier molecular flexibility index (Phi) is 5.09. The standard InChI is InChI=1S/C12H23NO2/c1-10(12(14)15)13(2)11-8-6-4-3-5-7-9-11/h10-11H,3-9H2,1-2H3,(H,14,15). The van der Waals surface area contributed by atoms with Crippen molar-refractivity contribution in [3.63, 3.8) is 0 Å². The molecule has 0 aromatic carbocycles. The summed E-state index contributed by atoms with van der Waals surface area (Å²) in [7, 11) is 1.95. The van der Waals surface area contributed by atoms with Crippen LogP contribution >= 0.6 is 0 Å². The molecule has 3 nitrogen and oxygen atoms in total. The summed E-state index contributed by atoms with van der Waals surface area (Å²) < 4.78 is 0. The van der Waals surface area contributed by atoms with Crippen molar-refractivity contribution in [3.05, 3.63) is 0 Å². The largest absolute Gasteiger partial charge is 0.480 e. The molecule has 1 rings (SSSR count). The van der Waals surface area contributed by atoms with Crippen LogP contribution in [-0.4, -0.2) is 35.1 Å². The van der Waals surface area contributed by atoms with Gasteiger partial charge in [0.15, 0.2) is 0 Å². The molecule has 1 aliphatic carbocycles. The van der Waals surface area contributed by atoms with Crippen LogP contribution in [-0.2, 0) is 4.79 Å². The molecule has 1 unspecified atom stereocenters. The van der Waals surface area contributed by atoms with Gasteiger partial charge < -0.3 is 5.11 Å². The van der Waals surface area contributed by atoms with Crippen LogP contribution in [0.25, 0.3) is 0 Å². The van der Waals surface area contributed by atoms with E-state index in [1.165, 1.54) is 32.1 Å². The van der Waals surface area contributed by atoms with Crippen molar-refractivity contribution in [2.45, 2.75) is 64.0 Å². The molecule has 0 amide bonds. The van der Waals surface area contributed by atoms with Crippen LogP contribution in [0.1, 0.15) is 51.9 Å². The number of nitrogens with zero attached hydrogens (tertiary/aromatic N) is 1. The maximum Gasteiger partial charge on any atom is 0.320 e. The summed E-state index contributed by atoms with van der Waals surface area (Å²) in [6, 6.07) is 0.117. The van der Waals surface area contributed by atoms with Gasteiger partial charge in [0.25, 0.3) is 0 Å². The fourth-order valence-electron chi connectivity index (χ4n) is 2.33. The minimum atomic E-state index is -0.709. The predicted molar refractivity (Wildman–Crippen MR) is 61.0 cm³/mol. The predicted octanol–water partition coefficient (Wildman–Crippen LogP) is 2.50. The summed E-state index contributed by atoms with van der Waals surface area (Å²) in [6.07, 6.45) is 8.80. The molecule has 0 heterocycles. The average Bonchev–Trinajstić information content (AvgIpc) is 2.15. The van der Waals surface area contributed by atoms with Crippen molar-refractivity contribution in [2.24, 2.45) is 0 Å². The van der Waals surface area contributed by atoms with Crippen molar-refractivity contribution in [2.75, 3.05) is 7.05 Å². The van der Waals surface area contributed by atoms with Gasteiger partial charge >= 0.3 is 5.97 Å². The number of rotatable bonds is 3. The van der Waals surface area contributed by atoms with E-state index in [2.05, 4.69) is 0 Å². The van der Waals surface area contributed by atoms with E-state index in [-0.39, 0.29) is 6.04 Å². The van der Waals surface area contributed by atoms with Crippen LogP contribution in [0.4, 0.5) is 0 Å². The van der Waals surface area contributed by atoms with Gasteiger partial charge in [0.2, 0.25) is 0 Å². The zero-order valence-corrected chi connectivity index (χ0v) is 9.91. The van der Waals surface area contributed by atoms with Gasteiger partial charge in [-0.15, -0.1) is 0 Å². The van der Waals surface area contributed by atoms with Crippen LogP contribution < -0.4 is 0 Å². The third kappa shape index (κ3) is 3.82. The first-order chi connectivity index (χ1) is 7.13. The monoisotopic (exact) mass is 213 g/mol. The molecule has 15 heavy (non-hydrogen) atoms. The van der Waals surface area contributed by atoms with Crippen LogP contribution in [0.2, 0.25) is 0 Å². The number of likely N-dealkylation sites (N-methyl/N-ethyl adjacent to an activating group) is 1. The summed E-state index contributed by atoms with van der Waals surface area (Å²) in [5, 5.41) is 8.97. The molecule has 1 atom stereocenters. The molecular weight excluding hydrogens is 190 g/mol. The van der Waals surface area contributed by atoms with Gasteiger partial charge in [-0.25, -0.2) is 0 Å². The topological polar surface area (TPSA) is 40.5 Å². The third-order valence-corrected chi connectivity index (χ3v) is 3.62. The van der Waals surface area contributed by atoms with Gasteiger partial charge in [-0.3, -0.25) is 9.69 Å². The molecule has 0 radical (unpaired) electrons. The highest BCUT2D eigenvalue weighted by atomic mass is 16.4. The van der Waals surface area contributed by atoms with E-state index in [0.29, 0.717) is 6.04 Å². The number of carboxylic acids is 1. The van der Waals surface area contributed by atoms with E-state index in [0.717, 1.165) is 12.8 Å². The first-order valence-electron chi connectivity index (χ1n) is 6.07. The lowest BCUT2D eigenvalue weighted by atomic mass is 9.95. The lowest BCUT2D eigenvalue weighted by molar-refractivity contribution is -0.143. The average molecular weight is 213 g/mol. The van der Waals surface area contributed by atoms with Crippen LogP contribution in [0, 0.1) is 0 Å². The molecule has 0 bridgehead atoms. The highest BCUT2D eigenvalue weighted by Gasteiger charge is 2.24. The Morgan fingerprint density at radius 1 is 1.20 bits per heavy atom. The molecular formula is C12H23NO2. The minimum Gasteiger partial charge on any atom is -0.480 e. The normalized spacial score (nSPS) is 22.1. The van der Waals surface area contributed by atoms with Crippen LogP contribution in [0.15, 0.2) is 0 Å². The van der Waals surface area contributed by atoms with Crippen molar-refractivity contribution < 1.29 is 9.90 Å². The first kappa shape index (κ1) is 12.5. The van der Waals surface area contributed by atoms with E-state index >= 15 is 0 Å². The molecule has 0 aliphatic heterocycles. The molecule has 0 saturated heterocycles. The first-order valence-corrected chi connectivity index (χ1v) is 6.07. The number of hydrogen-bond donors (Lipinski definition) is 1. The van der Waals surface area contributed by atoms with Gasteiger partial charge in [-0.1, -0.05) is 32.1 Å². The molecule has 3 heteroatoms. The second-order valence-electron chi connectivity index (χ2n) is 4.68. The maximum absolute atomic E-state index is 10.9. The third-order valence-electron chi connectivity index (χ3n) is 3.62. The molecule has 1 N–H and O–H groups in total. The molecule has 1 saturated carbocycles. The smallest absolute Gasteiger partial charge is 0.320 e. The van der Waals surface area contributed by atoms with E-state index in [9.17, 15) is 4.79 Å². The van der Waals surface area contributed by atoms with Gasteiger partial charge in [-0.05, 0) is 26.8 Å². The van der Waals surface area contributed by atoms with Crippen molar-refractivity contribution in [3.8, 4) is 0 Å². The van der Waals surface area contributed by atoms with Gasteiger partial charge in [-0.2, -0.15) is 0 Å². The molecule has 0 aromatic rings. The van der Waals surface area contributed by atoms with E-state index in [1.54, 1.807) is 6.92 Å². The van der Waals surface area contributed by atoms with E-state index < -0.39 is 5.97 Å². The molecule has 0 spiro atoms. The van der Waals surface area contributed by atoms with E-state index in [4.69, 9.17) is 5.11 Å². The molecule has 0 aromatic heterocycles. The summed E-state index contributed by atoms with van der Waals surface area (Å²) >= 11 is 0.